The van der Waals surface area contributed by atoms with E-state index in [0.717, 1.165) is 5.56 Å². The molecule has 0 spiro atoms. The van der Waals surface area contributed by atoms with Gasteiger partial charge in [-0.3, -0.25) is 14.2 Å². The predicted octanol–water partition coefficient (Wildman–Crippen LogP) is 2.00. The van der Waals surface area contributed by atoms with Crippen LogP contribution >= 0.6 is 11.3 Å². The average molecular weight is 420 g/mol. The van der Waals surface area contributed by atoms with E-state index >= 15 is 0 Å². The molecule has 0 unspecified atom stereocenters. The van der Waals surface area contributed by atoms with Crippen molar-refractivity contribution in [3.8, 4) is 0 Å². The zero-order valence-electron chi connectivity index (χ0n) is 15.6. The van der Waals surface area contributed by atoms with E-state index in [1.807, 2.05) is 5.38 Å². The number of carbonyl (C=O) groups is 1. The molecule has 3 aromatic rings. The van der Waals surface area contributed by atoms with Crippen molar-refractivity contribution in [2.75, 3.05) is 6.54 Å². The maximum atomic E-state index is 12.3. The van der Waals surface area contributed by atoms with E-state index in [1.54, 1.807) is 32.0 Å². The first kappa shape index (κ1) is 20.2. The molecule has 0 aliphatic carbocycles. The van der Waals surface area contributed by atoms with Gasteiger partial charge in [0.25, 0.3) is 5.56 Å². The van der Waals surface area contributed by atoms with Crippen molar-refractivity contribution in [3.05, 3.63) is 58.0 Å². The van der Waals surface area contributed by atoms with Crippen LogP contribution in [0.4, 0.5) is 0 Å². The molecule has 28 heavy (non-hydrogen) atoms. The molecule has 0 saturated heterocycles. The molecule has 3 rings (SSSR count). The Kier molecular flexibility index (Phi) is 5.95. The van der Waals surface area contributed by atoms with Gasteiger partial charge in [0.05, 0.1) is 28.4 Å². The van der Waals surface area contributed by atoms with E-state index in [1.165, 1.54) is 34.4 Å². The average Bonchev–Trinajstić information content (AvgIpc) is 3.13. The van der Waals surface area contributed by atoms with Gasteiger partial charge in [-0.05, 0) is 43.0 Å². The summed E-state index contributed by atoms with van der Waals surface area (Å²) in [5.41, 5.74) is 1.29. The molecule has 2 heterocycles. The van der Waals surface area contributed by atoms with E-state index in [9.17, 15) is 18.0 Å². The molecular formula is C19H21N3O4S2. The summed E-state index contributed by atoms with van der Waals surface area (Å²) >= 11 is 1.35. The molecule has 0 bridgehead atoms. The molecule has 0 aliphatic rings. The Morgan fingerprint density at radius 2 is 1.93 bits per heavy atom. The lowest BCUT2D eigenvalue weighted by atomic mass is 10.1. The highest BCUT2D eigenvalue weighted by Gasteiger charge is 2.18. The lowest BCUT2D eigenvalue weighted by Gasteiger charge is -2.09. The van der Waals surface area contributed by atoms with Gasteiger partial charge in [-0.2, -0.15) is 0 Å². The summed E-state index contributed by atoms with van der Waals surface area (Å²) in [6.45, 7) is 3.90. The second-order valence-corrected chi connectivity index (χ2v) is 10.1. The molecule has 7 nitrogen and oxygen atoms in total. The minimum atomic E-state index is -3.32. The van der Waals surface area contributed by atoms with Gasteiger partial charge >= 0.3 is 0 Å². The Bertz CT molecular complexity index is 1150. The van der Waals surface area contributed by atoms with Crippen LogP contribution in [0.15, 0.2) is 51.7 Å². The fraction of sp³-hybridized carbons (Fsp3) is 0.316. The minimum Gasteiger partial charge on any atom is -0.354 e. The molecule has 0 radical (unpaired) electrons. The molecule has 0 fully saturated rings. The summed E-state index contributed by atoms with van der Waals surface area (Å²) in [6.07, 6.45) is 1.62. The first-order valence-electron chi connectivity index (χ1n) is 8.81. The maximum Gasteiger partial charge on any atom is 0.271 e. The number of rotatable bonds is 7. The fourth-order valence-electron chi connectivity index (χ4n) is 2.67. The zero-order valence-corrected chi connectivity index (χ0v) is 17.2. The molecule has 9 heteroatoms. The van der Waals surface area contributed by atoms with E-state index in [-0.39, 0.29) is 22.8 Å². The van der Waals surface area contributed by atoms with Crippen LogP contribution in [0, 0.1) is 0 Å². The second-order valence-electron chi connectivity index (χ2n) is 6.64. The highest BCUT2D eigenvalue weighted by Crippen LogP contribution is 2.16. The molecule has 0 atom stereocenters. The lowest BCUT2D eigenvalue weighted by molar-refractivity contribution is -0.120. The Hall–Kier alpha value is -2.52. The molecule has 0 aliphatic heterocycles. The monoisotopic (exact) mass is 419 g/mol. The summed E-state index contributed by atoms with van der Waals surface area (Å²) in [6, 6.07) is 8.14. The smallest absolute Gasteiger partial charge is 0.271 e. The normalized spacial score (nSPS) is 11.8. The summed E-state index contributed by atoms with van der Waals surface area (Å²) in [7, 11) is -3.32. The minimum absolute atomic E-state index is 0.115. The quantitative estimate of drug-likeness (QED) is 0.632. The third kappa shape index (κ3) is 4.31. The van der Waals surface area contributed by atoms with Crippen molar-refractivity contribution in [3.63, 3.8) is 0 Å². The summed E-state index contributed by atoms with van der Waals surface area (Å²) in [4.78, 5) is 28.9. The number of hydrogen-bond donors (Lipinski definition) is 1. The van der Waals surface area contributed by atoms with E-state index in [0.29, 0.717) is 23.3 Å². The second kappa shape index (κ2) is 8.24. The van der Waals surface area contributed by atoms with Crippen LogP contribution in [0.25, 0.3) is 10.2 Å². The summed E-state index contributed by atoms with van der Waals surface area (Å²) < 4.78 is 26.3. The van der Waals surface area contributed by atoms with Crippen LogP contribution in [0.3, 0.4) is 0 Å². The highest BCUT2D eigenvalue weighted by atomic mass is 32.2. The number of nitrogens with one attached hydrogen (secondary N) is 1. The van der Waals surface area contributed by atoms with E-state index < -0.39 is 15.1 Å². The van der Waals surface area contributed by atoms with Gasteiger partial charge in [-0.1, -0.05) is 12.1 Å². The van der Waals surface area contributed by atoms with Gasteiger partial charge in [0.15, 0.2) is 9.84 Å². The number of sulfone groups is 1. The van der Waals surface area contributed by atoms with Crippen molar-refractivity contribution >= 4 is 37.3 Å². The number of carbonyl (C=O) groups excluding carboxylic acids is 1. The van der Waals surface area contributed by atoms with E-state index in [2.05, 4.69) is 10.3 Å². The van der Waals surface area contributed by atoms with Crippen LogP contribution in [0.2, 0.25) is 0 Å². The third-order valence-electron chi connectivity index (χ3n) is 4.35. The van der Waals surface area contributed by atoms with Crippen molar-refractivity contribution in [1.29, 1.82) is 0 Å². The molecule has 2 aromatic heterocycles. The molecule has 1 amide bonds. The highest BCUT2D eigenvalue weighted by molar-refractivity contribution is 7.92. The largest absolute Gasteiger partial charge is 0.354 e. The van der Waals surface area contributed by atoms with Gasteiger partial charge < -0.3 is 5.32 Å². The van der Waals surface area contributed by atoms with Crippen molar-refractivity contribution in [2.45, 2.75) is 37.0 Å². The zero-order chi connectivity index (χ0) is 20.3. The summed E-state index contributed by atoms with van der Waals surface area (Å²) in [5.74, 6) is -0.197. The standard InChI is InChI=1S/C19H21N3O4S2/c1-13(2)28(25,26)15-5-3-14(4-6-15)11-17(23)20-8-9-22-12-21-16-7-10-27-18(16)19(22)24/h3-7,10,12-13H,8-9,11H2,1-2H3,(H,20,23). The first-order valence-corrected chi connectivity index (χ1v) is 11.2. The Labute approximate surface area is 167 Å². The number of aromatic nitrogens is 2. The number of amides is 1. The third-order valence-corrected chi connectivity index (χ3v) is 7.41. The van der Waals surface area contributed by atoms with Gasteiger partial charge in [0, 0.05) is 13.1 Å². The van der Waals surface area contributed by atoms with Crippen molar-refractivity contribution in [2.24, 2.45) is 0 Å². The molecule has 148 valence electrons. The maximum absolute atomic E-state index is 12.3. The lowest BCUT2D eigenvalue weighted by Crippen LogP contribution is -2.31. The van der Waals surface area contributed by atoms with Crippen LogP contribution in [-0.2, 0) is 27.6 Å². The fourth-order valence-corrected chi connectivity index (χ4v) is 4.52. The number of thiophene rings is 1. The van der Waals surface area contributed by atoms with Crippen LogP contribution in [0.5, 0.6) is 0 Å². The van der Waals surface area contributed by atoms with Crippen LogP contribution in [0.1, 0.15) is 19.4 Å². The van der Waals surface area contributed by atoms with Gasteiger partial charge in [0.2, 0.25) is 5.91 Å². The Morgan fingerprint density at radius 3 is 2.61 bits per heavy atom. The predicted molar refractivity (Wildman–Crippen MR) is 109 cm³/mol. The van der Waals surface area contributed by atoms with Gasteiger partial charge in [-0.15, -0.1) is 11.3 Å². The first-order chi connectivity index (χ1) is 13.3. The number of benzene rings is 1. The molecule has 0 saturated carbocycles. The summed E-state index contributed by atoms with van der Waals surface area (Å²) in [5, 5.41) is 4.10. The molecule has 1 N–H and O–H groups in total. The molecule has 1 aromatic carbocycles. The van der Waals surface area contributed by atoms with Crippen LogP contribution < -0.4 is 10.9 Å². The Balaban J connectivity index is 1.55. The van der Waals surface area contributed by atoms with E-state index in [4.69, 9.17) is 0 Å². The molecular weight excluding hydrogens is 398 g/mol. The SMILES string of the molecule is CC(C)S(=O)(=O)c1ccc(CC(=O)NCCn2cnc3ccsc3c2=O)cc1. The number of nitrogens with zero attached hydrogens (tertiary/aromatic N) is 2. The number of hydrogen-bond acceptors (Lipinski definition) is 6. The topological polar surface area (TPSA) is 98.1 Å². The van der Waals surface area contributed by atoms with Gasteiger partial charge in [-0.25, -0.2) is 13.4 Å². The Morgan fingerprint density at radius 1 is 1.21 bits per heavy atom. The van der Waals surface area contributed by atoms with Crippen molar-refractivity contribution in [1.82, 2.24) is 14.9 Å². The van der Waals surface area contributed by atoms with Gasteiger partial charge in [0.1, 0.15) is 4.70 Å². The van der Waals surface area contributed by atoms with Crippen molar-refractivity contribution < 1.29 is 13.2 Å². The van der Waals surface area contributed by atoms with Crippen LogP contribution in [-0.4, -0.2) is 35.7 Å². The number of fused-ring (bicyclic) bond motifs is 1.